The molecule has 0 unspecified atom stereocenters. The van der Waals surface area contributed by atoms with Gasteiger partial charge in [-0.2, -0.15) is 0 Å². The Kier molecular flexibility index (Phi) is 7.91. The highest BCUT2D eigenvalue weighted by Crippen LogP contribution is 2.27. The minimum atomic E-state index is -1.11. The standard InChI is InChI=1S/C26H27NO6/c1-18-9-12-22(26(29)30)24(13-18)33-17-25(28)27(15-19-7-5-4-6-8-19)16-20-10-11-21(31-2)14-23(20)32-3/h4-14H,15-17H2,1-3H3,(H,29,30). The number of amides is 1. The van der Waals surface area contributed by atoms with E-state index in [-0.39, 0.29) is 30.4 Å². The Morgan fingerprint density at radius 3 is 2.30 bits per heavy atom. The highest BCUT2D eigenvalue weighted by atomic mass is 16.5. The molecule has 0 atom stereocenters. The van der Waals surface area contributed by atoms with Crippen molar-refractivity contribution in [3.05, 3.63) is 89.0 Å². The maximum absolute atomic E-state index is 13.2. The van der Waals surface area contributed by atoms with Crippen molar-refractivity contribution in [3.8, 4) is 17.2 Å². The number of nitrogens with zero attached hydrogens (tertiary/aromatic N) is 1. The molecule has 0 aliphatic heterocycles. The van der Waals surface area contributed by atoms with Crippen LogP contribution >= 0.6 is 0 Å². The van der Waals surface area contributed by atoms with Crippen molar-refractivity contribution < 1.29 is 28.9 Å². The van der Waals surface area contributed by atoms with E-state index < -0.39 is 5.97 Å². The third-order valence-corrected chi connectivity index (χ3v) is 5.14. The second kappa shape index (κ2) is 11.0. The van der Waals surface area contributed by atoms with Crippen LogP contribution in [0, 0.1) is 6.92 Å². The van der Waals surface area contributed by atoms with E-state index in [1.165, 1.54) is 6.07 Å². The molecular weight excluding hydrogens is 422 g/mol. The Bertz CT molecular complexity index is 1110. The number of ether oxygens (including phenoxy) is 3. The maximum Gasteiger partial charge on any atom is 0.339 e. The predicted octanol–water partition coefficient (Wildman–Crippen LogP) is 4.32. The van der Waals surface area contributed by atoms with Crippen molar-refractivity contribution in [1.29, 1.82) is 0 Å². The SMILES string of the molecule is COc1ccc(CN(Cc2ccccc2)C(=O)COc2cc(C)ccc2C(=O)O)c(OC)c1. The molecule has 0 aromatic heterocycles. The average Bonchev–Trinajstić information content (AvgIpc) is 2.82. The monoisotopic (exact) mass is 449 g/mol. The molecule has 1 amide bonds. The number of hydrogen-bond acceptors (Lipinski definition) is 5. The van der Waals surface area contributed by atoms with E-state index in [1.54, 1.807) is 37.3 Å². The lowest BCUT2D eigenvalue weighted by molar-refractivity contribution is -0.134. The van der Waals surface area contributed by atoms with Crippen LogP contribution in [0.1, 0.15) is 27.0 Å². The van der Waals surface area contributed by atoms with Crippen molar-refractivity contribution in [3.63, 3.8) is 0 Å². The number of carboxylic acids is 1. The van der Waals surface area contributed by atoms with Crippen LogP contribution < -0.4 is 14.2 Å². The molecule has 0 aliphatic carbocycles. The molecule has 7 heteroatoms. The number of rotatable bonds is 10. The first kappa shape index (κ1) is 23.7. The number of carbonyl (C=O) groups is 2. The van der Waals surface area contributed by atoms with Crippen LogP contribution in [-0.2, 0) is 17.9 Å². The summed E-state index contributed by atoms with van der Waals surface area (Å²) in [7, 11) is 3.14. The number of methoxy groups -OCH3 is 2. The molecule has 1 N–H and O–H groups in total. The fraction of sp³-hybridized carbons (Fsp3) is 0.231. The number of aromatic carboxylic acids is 1. The Labute approximate surface area is 193 Å². The third kappa shape index (κ3) is 6.26. The summed E-state index contributed by atoms with van der Waals surface area (Å²) in [4.78, 5) is 26.4. The zero-order valence-corrected chi connectivity index (χ0v) is 18.9. The van der Waals surface area contributed by atoms with Gasteiger partial charge in [0.1, 0.15) is 22.8 Å². The quantitative estimate of drug-likeness (QED) is 0.496. The zero-order chi connectivity index (χ0) is 23.8. The Morgan fingerprint density at radius 1 is 0.879 bits per heavy atom. The van der Waals surface area contributed by atoms with Gasteiger partial charge in [0, 0.05) is 24.7 Å². The fourth-order valence-corrected chi connectivity index (χ4v) is 3.38. The number of hydrogen-bond donors (Lipinski definition) is 1. The first-order chi connectivity index (χ1) is 15.9. The van der Waals surface area contributed by atoms with Gasteiger partial charge >= 0.3 is 5.97 Å². The van der Waals surface area contributed by atoms with Gasteiger partial charge in [0.2, 0.25) is 0 Å². The van der Waals surface area contributed by atoms with E-state index >= 15 is 0 Å². The van der Waals surface area contributed by atoms with Gasteiger partial charge in [-0.05, 0) is 42.3 Å². The van der Waals surface area contributed by atoms with Crippen molar-refractivity contribution in [1.82, 2.24) is 4.90 Å². The highest BCUT2D eigenvalue weighted by Gasteiger charge is 2.19. The van der Waals surface area contributed by atoms with Gasteiger partial charge in [-0.25, -0.2) is 4.79 Å². The van der Waals surface area contributed by atoms with Crippen LogP contribution in [0.3, 0.4) is 0 Å². The van der Waals surface area contributed by atoms with Crippen LogP contribution in [0.2, 0.25) is 0 Å². The van der Waals surface area contributed by atoms with Gasteiger partial charge in [-0.15, -0.1) is 0 Å². The summed E-state index contributed by atoms with van der Waals surface area (Å²) in [5, 5.41) is 9.42. The van der Waals surface area contributed by atoms with Gasteiger partial charge in [0.25, 0.3) is 5.91 Å². The summed E-state index contributed by atoms with van der Waals surface area (Å²) in [5.74, 6) is 0.0298. The lowest BCUT2D eigenvalue weighted by Crippen LogP contribution is -2.34. The van der Waals surface area contributed by atoms with E-state index in [9.17, 15) is 14.7 Å². The van der Waals surface area contributed by atoms with Crippen molar-refractivity contribution in [2.75, 3.05) is 20.8 Å². The van der Waals surface area contributed by atoms with Crippen LogP contribution in [0.25, 0.3) is 0 Å². The minimum absolute atomic E-state index is 0.0137. The number of benzene rings is 3. The van der Waals surface area contributed by atoms with Gasteiger partial charge in [-0.1, -0.05) is 36.4 Å². The molecule has 7 nitrogen and oxygen atoms in total. The molecule has 0 saturated heterocycles. The molecule has 33 heavy (non-hydrogen) atoms. The summed E-state index contributed by atoms with van der Waals surface area (Å²) in [5.41, 5.74) is 2.62. The molecule has 3 aromatic carbocycles. The molecule has 0 spiro atoms. The Hall–Kier alpha value is -4.00. The van der Waals surface area contributed by atoms with Crippen molar-refractivity contribution >= 4 is 11.9 Å². The van der Waals surface area contributed by atoms with Crippen LogP contribution in [0.5, 0.6) is 17.2 Å². The van der Waals surface area contributed by atoms with Crippen LogP contribution in [0.15, 0.2) is 66.7 Å². The smallest absolute Gasteiger partial charge is 0.339 e. The first-order valence-corrected chi connectivity index (χ1v) is 10.4. The number of aryl methyl sites for hydroxylation is 1. The van der Waals surface area contributed by atoms with E-state index in [2.05, 4.69) is 0 Å². The third-order valence-electron chi connectivity index (χ3n) is 5.14. The summed E-state index contributed by atoms with van der Waals surface area (Å²) >= 11 is 0. The summed E-state index contributed by atoms with van der Waals surface area (Å²) in [6, 6.07) is 19.8. The predicted molar refractivity (Wildman–Crippen MR) is 124 cm³/mol. The van der Waals surface area contributed by atoms with Crippen molar-refractivity contribution in [2.45, 2.75) is 20.0 Å². The molecule has 0 saturated carbocycles. The van der Waals surface area contributed by atoms with Gasteiger partial charge in [0.05, 0.1) is 14.2 Å². The van der Waals surface area contributed by atoms with Gasteiger partial charge in [-0.3, -0.25) is 4.79 Å². The van der Waals surface area contributed by atoms with E-state index in [4.69, 9.17) is 14.2 Å². The normalized spacial score (nSPS) is 10.4. The fourth-order valence-electron chi connectivity index (χ4n) is 3.38. The summed E-state index contributed by atoms with van der Waals surface area (Å²) in [6.45, 7) is 2.18. The van der Waals surface area contributed by atoms with E-state index in [0.29, 0.717) is 18.0 Å². The van der Waals surface area contributed by atoms with Crippen LogP contribution in [-0.4, -0.2) is 42.7 Å². The van der Waals surface area contributed by atoms with Crippen LogP contribution in [0.4, 0.5) is 0 Å². The number of carboxylic acid groups (broad SMARTS) is 1. The largest absolute Gasteiger partial charge is 0.497 e. The Morgan fingerprint density at radius 2 is 1.64 bits per heavy atom. The maximum atomic E-state index is 13.2. The average molecular weight is 450 g/mol. The molecule has 0 radical (unpaired) electrons. The van der Waals surface area contributed by atoms with E-state index in [1.807, 2.05) is 49.4 Å². The lowest BCUT2D eigenvalue weighted by Gasteiger charge is -2.24. The molecule has 3 rings (SSSR count). The summed E-state index contributed by atoms with van der Waals surface area (Å²) in [6.07, 6.45) is 0. The first-order valence-electron chi connectivity index (χ1n) is 10.4. The molecule has 0 bridgehead atoms. The van der Waals surface area contributed by atoms with E-state index in [0.717, 1.165) is 16.7 Å². The molecule has 0 aliphatic rings. The Balaban J connectivity index is 1.83. The van der Waals surface area contributed by atoms with Crippen molar-refractivity contribution in [2.24, 2.45) is 0 Å². The topological polar surface area (TPSA) is 85.3 Å². The molecule has 0 fully saturated rings. The lowest BCUT2D eigenvalue weighted by atomic mass is 10.1. The molecular formula is C26H27NO6. The minimum Gasteiger partial charge on any atom is -0.497 e. The summed E-state index contributed by atoms with van der Waals surface area (Å²) < 4.78 is 16.4. The second-order valence-corrected chi connectivity index (χ2v) is 7.51. The van der Waals surface area contributed by atoms with Gasteiger partial charge < -0.3 is 24.2 Å². The highest BCUT2D eigenvalue weighted by molar-refractivity contribution is 5.91. The van der Waals surface area contributed by atoms with Gasteiger partial charge in [0.15, 0.2) is 6.61 Å². The molecule has 0 heterocycles. The molecule has 172 valence electrons. The number of carbonyl (C=O) groups excluding carboxylic acids is 1. The second-order valence-electron chi connectivity index (χ2n) is 7.51. The zero-order valence-electron chi connectivity index (χ0n) is 18.9. The molecule has 3 aromatic rings.